The third-order valence-corrected chi connectivity index (χ3v) is 5.27. The smallest absolute Gasteiger partial charge is 0.303 e. The van der Waals surface area contributed by atoms with Crippen molar-refractivity contribution in [3.63, 3.8) is 0 Å². The van der Waals surface area contributed by atoms with Gasteiger partial charge in [0.15, 0.2) is 11.6 Å². The standard InChI is InChI=1S/C19H27F2NO6S/c1-29(26,27)22(12-5-3-2-4-11-18(24)25)13-7-8-15(23)14-28-17-10-6-9-16(20)19(17)21/h3,5-6,9-10,15,23H,2,4,7-8,11-14H2,1H3,(H,24,25)/b5-3-. The second-order valence-corrected chi connectivity index (χ2v) is 8.52. The van der Waals surface area contributed by atoms with E-state index in [0.29, 0.717) is 19.3 Å². The lowest BCUT2D eigenvalue weighted by atomic mass is 10.2. The molecule has 0 saturated carbocycles. The summed E-state index contributed by atoms with van der Waals surface area (Å²) >= 11 is 0. The molecular formula is C19H27F2NO6S. The minimum absolute atomic E-state index is 0.0552. The van der Waals surface area contributed by atoms with Crippen molar-refractivity contribution < 1.29 is 36.9 Å². The van der Waals surface area contributed by atoms with Gasteiger partial charge in [-0.2, -0.15) is 8.70 Å². The number of carbonyl (C=O) groups is 1. The van der Waals surface area contributed by atoms with Crippen molar-refractivity contribution in [2.75, 3.05) is 26.0 Å². The summed E-state index contributed by atoms with van der Waals surface area (Å²) < 4.78 is 56.6. The molecule has 0 amide bonds. The summed E-state index contributed by atoms with van der Waals surface area (Å²) in [5.74, 6) is -3.34. The van der Waals surface area contributed by atoms with Gasteiger partial charge in [-0.25, -0.2) is 12.8 Å². The van der Waals surface area contributed by atoms with Gasteiger partial charge in [-0.05, 0) is 37.8 Å². The first-order valence-corrected chi connectivity index (χ1v) is 11.0. The Morgan fingerprint density at radius 1 is 1.28 bits per heavy atom. The highest BCUT2D eigenvalue weighted by molar-refractivity contribution is 7.88. The molecule has 1 atom stereocenters. The van der Waals surface area contributed by atoms with Gasteiger partial charge in [0, 0.05) is 19.5 Å². The van der Waals surface area contributed by atoms with Crippen LogP contribution in [0.4, 0.5) is 8.78 Å². The molecule has 0 aliphatic rings. The lowest BCUT2D eigenvalue weighted by Gasteiger charge is -2.19. The Hall–Kier alpha value is -2.04. The topological polar surface area (TPSA) is 104 Å². The van der Waals surface area contributed by atoms with Gasteiger partial charge < -0.3 is 14.9 Å². The van der Waals surface area contributed by atoms with Crippen LogP contribution < -0.4 is 4.74 Å². The third-order valence-electron chi connectivity index (χ3n) is 4.00. The summed E-state index contributed by atoms with van der Waals surface area (Å²) in [5.41, 5.74) is 0. The van der Waals surface area contributed by atoms with E-state index in [0.717, 1.165) is 12.3 Å². The zero-order chi connectivity index (χ0) is 21.9. The Morgan fingerprint density at radius 2 is 2.00 bits per heavy atom. The number of hydrogen-bond acceptors (Lipinski definition) is 5. The molecular weight excluding hydrogens is 408 g/mol. The van der Waals surface area contributed by atoms with Gasteiger partial charge in [0.05, 0.1) is 12.4 Å². The highest BCUT2D eigenvalue weighted by Crippen LogP contribution is 2.19. The van der Waals surface area contributed by atoms with E-state index in [4.69, 9.17) is 9.84 Å². The van der Waals surface area contributed by atoms with Gasteiger partial charge in [0.1, 0.15) is 6.61 Å². The normalized spacial score (nSPS) is 13.1. The van der Waals surface area contributed by atoms with Gasteiger partial charge in [0.25, 0.3) is 0 Å². The lowest BCUT2D eigenvalue weighted by Crippen LogP contribution is -2.32. The first kappa shape index (κ1) is 25.0. The molecule has 0 aliphatic heterocycles. The number of aliphatic hydroxyl groups is 1. The maximum Gasteiger partial charge on any atom is 0.303 e. The summed E-state index contributed by atoms with van der Waals surface area (Å²) in [6.45, 7) is 0.0689. The molecule has 10 heteroatoms. The number of ether oxygens (including phenoxy) is 1. The van der Waals surface area contributed by atoms with Crippen molar-refractivity contribution in [1.82, 2.24) is 4.31 Å². The lowest BCUT2D eigenvalue weighted by molar-refractivity contribution is -0.137. The molecule has 0 saturated heterocycles. The van der Waals surface area contributed by atoms with Crippen LogP contribution >= 0.6 is 0 Å². The molecule has 7 nitrogen and oxygen atoms in total. The van der Waals surface area contributed by atoms with Gasteiger partial charge in [-0.1, -0.05) is 18.2 Å². The Bertz CT molecular complexity index is 785. The van der Waals surface area contributed by atoms with E-state index in [9.17, 15) is 27.1 Å². The van der Waals surface area contributed by atoms with Crippen LogP contribution in [0.2, 0.25) is 0 Å². The minimum atomic E-state index is -3.45. The van der Waals surface area contributed by atoms with Crippen molar-refractivity contribution in [3.8, 4) is 5.75 Å². The molecule has 1 rings (SSSR count). The molecule has 0 aliphatic carbocycles. The highest BCUT2D eigenvalue weighted by Gasteiger charge is 2.16. The van der Waals surface area contributed by atoms with E-state index in [-0.39, 0.29) is 38.3 Å². The van der Waals surface area contributed by atoms with Crippen molar-refractivity contribution in [2.24, 2.45) is 0 Å². The summed E-state index contributed by atoms with van der Waals surface area (Å²) in [5, 5.41) is 18.5. The number of benzene rings is 1. The number of sulfonamides is 1. The predicted molar refractivity (Wildman–Crippen MR) is 104 cm³/mol. The van der Waals surface area contributed by atoms with Crippen LogP contribution in [0.1, 0.15) is 32.1 Å². The number of carboxylic acid groups (broad SMARTS) is 1. The Kier molecular flexibility index (Phi) is 10.8. The van der Waals surface area contributed by atoms with Gasteiger partial charge in [-0.15, -0.1) is 0 Å². The van der Waals surface area contributed by atoms with E-state index in [2.05, 4.69) is 0 Å². The summed E-state index contributed by atoms with van der Waals surface area (Å²) in [6, 6.07) is 3.50. The third kappa shape index (κ3) is 10.3. The second kappa shape index (κ2) is 12.5. The van der Waals surface area contributed by atoms with E-state index in [1.54, 1.807) is 12.2 Å². The number of allylic oxidation sites excluding steroid dienone is 1. The number of carboxylic acids is 1. The molecule has 0 spiro atoms. The number of hydrogen-bond donors (Lipinski definition) is 2. The highest BCUT2D eigenvalue weighted by atomic mass is 32.2. The number of rotatable bonds is 14. The number of nitrogens with zero attached hydrogens (tertiary/aromatic N) is 1. The molecule has 1 unspecified atom stereocenters. The first-order valence-electron chi connectivity index (χ1n) is 9.18. The summed E-state index contributed by atoms with van der Waals surface area (Å²) in [6.07, 6.45) is 5.13. The molecule has 29 heavy (non-hydrogen) atoms. The number of halogens is 2. The zero-order valence-corrected chi connectivity index (χ0v) is 17.1. The quantitative estimate of drug-likeness (QED) is 0.344. The molecule has 0 aromatic heterocycles. The van der Waals surface area contributed by atoms with Gasteiger partial charge in [0.2, 0.25) is 15.8 Å². The Labute approximate surface area is 169 Å². The van der Waals surface area contributed by atoms with Crippen LogP contribution in [-0.2, 0) is 14.8 Å². The molecule has 0 radical (unpaired) electrons. The van der Waals surface area contributed by atoms with Crippen LogP contribution in [0.25, 0.3) is 0 Å². The number of unbranched alkanes of at least 4 members (excludes halogenated alkanes) is 1. The minimum Gasteiger partial charge on any atom is -0.488 e. The van der Waals surface area contributed by atoms with Crippen molar-refractivity contribution >= 4 is 16.0 Å². The van der Waals surface area contributed by atoms with E-state index in [1.165, 1.54) is 16.4 Å². The van der Waals surface area contributed by atoms with Crippen LogP contribution in [0.5, 0.6) is 5.75 Å². The molecule has 0 heterocycles. The molecule has 1 aromatic carbocycles. The molecule has 0 bridgehead atoms. The zero-order valence-electron chi connectivity index (χ0n) is 16.3. The molecule has 2 N–H and O–H groups in total. The fraction of sp³-hybridized carbons (Fsp3) is 0.526. The fourth-order valence-electron chi connectivity index (χ4n) is 2.44. The molecule has 164 valence electrons. The van der Waals surface area contributed by atoms with Crippen molar-refractivity contribution in [1.29, 1.82) is 0 Å². The summed E-state index contributed by atoms with van der Waals surface area (Å²) in [4.78, 5) is 10.4. The molecule has 0 fully saturated rings. The van der Waals surface area contributed by atoms with Crippen LogP contribution in [-0.4, -0.2) is 61.0 Å². The van der Waals surface area contributed by atoms with Gasteiger partial charge >= 0.3 is 5.97 Å². The van der Waals surface area contributed by atoms with Crippen molar-refractivity contribution in [3.05, 3.63) is 42.0 Å². The Morgan fingerprint density at radius 3 is 2.66 bits per heavy atom. The van der Waals surface area contributed by atoms with Crippen molar-refractivity contribution in [2.45, 2.75) is 38.2 Å². The van der Waals surface area contributed by atoms with Crippen LogP contribution in [0.3, 0.4) is 0 Å². The number of aliphatic hydroxyl groups excluding tert-OH is 1. The second-order valence-electron chi connectivity index (χ2n) is 6.54. The average molecular weight is 435 g/mol. The largest absolute Gasteiger partial charge is 0.488 e. The molecule has 1 aromatic rings. The monoisotopic (exact) mass is 435 g/mol. The SMILES string of the molecule is CS(=O)(=O)N(C/C=C\CCCC(=O)O)CCCC(O)COc1cccc(F)c1F. The van der Waals surface area contributed by atoms with E-state index < -0.39 is 33.7 Å². The predicted octanol–water partition coefficient (Wildman–Crippen LogP) is 2.56. The average Bonchev–Trinajstić information content (AvgIpc) is 2.63. The number of aliphatic carboxylic acids is 1. The summed E-state index contributed by atoms with van der Waals surface area (Å²) in [7, 11) is -3.45. The van der Waals surface area contributed by atoms with E-state index in [1.807, 2.05) is 0 Å². The maximum atomic E-state index is 13.5. The first-order chi connectivity index (χ1) is 13.6. The van der Waals surface area contributed by atoms with Gasteiger partial charge in [-0.3, -0.25) is 4.79 Å². The van der Waals surface area contributed by atoms with E-state index >= 15 is 0 Å². The maximum absolute atomic E-state index is 13.5. The van der Waals surface area contributed by atoms with Crippen LogP contribution in [0, 0.1) is 11.6 Å². The Balaban J connectivity index is 2.39. The fourth-order valence-corrected chi connectivity index (χ4v) is 3.26. The van der Waals surface area contributed by atoms with Crippen LogP contribution in [0.15, 0.2) is 30.4 Å².